The van der Waals surface area contributed by atoms with Crippen molar-refractivity contribution in [3.05, 3.63) is 0 Å². The van der Waals surface area contributed by atoms with E-state index in [0.29, 0.717) is 0 Å². The van der Waals surface area contributed by atoms with Crippen LogP contribution in [-0.2, 0) is 9.53 Å². The van der Waals surface area contributed by atoms with E-state index in [1.807, 2.05) is 6.92 Å². The Hall–Kier alpha value is -0.180. The van der Waals surface area contributed by atoms with Crippen molar-refractivity contribution in [2.24, 2.45) is 0 Å². The summed E-state index contributed by atoms with van der Waals surface area (Å²) in [5.41, 5.74) is 0. The van der Waals surface area contributed by atoms with E-state index in [1.165, 1.54) is 0 Å². The molecule has 1 aliphatic rings. The molecule has 2 unspecified atom stereocenters. The Morgan fingerprint density at radius 3 is 2.62 bits per heavy atom. The van der Waals surface area contributed by atoms with E-state index in [4.69, 9.17) is 4.74 Å². The second kappa shape index (κ2) is 1.97. The zero-order valence-electron chi connectivity index (χ0n) is 4.63. The third-order valence-corrected chi connectivity index (χ3v) is 1.57. The molecule has 0 aliphatic carbocycles. The minimum absolute atomic E-state index is 0.0741. The maximum Gasteiger partial charge on any atom is 0.319 e. The van der Waals surface area contributed by atoms with Gasteiger partial charge in [0, 0.05) is 6.42 Å². The lowest BCUT2D eigenvalue weighted by Gasteiger charge is -1.95. The maximum atomic E-state index is 10.5. The molecule has 2 nitrogen and oxygen atoms in total. The van der Waals surface area contributed by atoms with Gasteiger partial charge in [0.05, 0.1) is 0 Å². The summed E-state index contributed by atoms with van der Waals surface area (Å²) in [6, 6.07) is 0. The van der Waals surface area contributed by atoms with Gasteiger partial charge in [-0.1, -0.05) is 0 Å². The van der Waals surface area contributed by atoms with E-state index < -0.39 is 0 Å². The number of carbonyl (C=O) groups is 1. The van der Waals surface area contributed by atoms with Crippen LogP contribution in [0.5, 0.6) is 0 Å². The predicted molar refractivity (Wildman–Crippen MR) is 32.9 cm³/mol. The first-order valence-corrected chi connectivity index (χ1v) is 3.10. The Morgan fingerprint density at radius 2 is 2.50 bits per heavy atom. The van der Waals surface area contributed by atoms with Gasteiger partial charge in [-0.15, -0.1) is 0 Å². The van der Waals surface area contributed by atoms with Gasteiger partial charge in [-0.3, -0.25) is 4.79 Å². The normalized spacial score (nSPS) is 37.5. The molecule has 1 fully saturated rings. The highest BCUT2D eigenvalue weighted by Crippen LogP contribution is 2.17. The number of carbonyl (C=O) groups excluding carboxylic acids is 1. The lowest BCUT2D eigenvalue weighted by molar-refractivity contribution is -0.140. The summed E-state index contributed by atoms with van der Waals surface area (Å²) < 4.78 is 4.76. The standard InChI is InChI=1S/C5H8O2S/c1-3-2-4(8)5(6)7-3/h3-4,8H,2H2,1H3. The predicted octanol–water partition coefficient (Wildman–Crippen LogP) is 0.620. The number of hydrogen-bond acceptors (Lipinski definition) is 3. The number of hydrogen-bond donors (Lipinski definition) is 1. The number of cyclic esters (lactones) is 1. The first kappa shape index (κ1) is 5.95. The molecule has 0 N–H and O–H groups in total. The quantitative estimate of drug-likeness (QED) is 0.386. The molecule has 0 bridgehead atoms. The summed E-state index contributed by atoms with van der Waals surface area (Å²) in [6.45, 7) is 1.87. The molecule has 0 spiro atoms. The Morgan fingerprint density at radius 1 is 1.88 bits per heavy atom. The monoisotopic (exact) mass is 132 g/mol. The highest BCUT2D eigenvalue weighted by Gasteiger charge is 2.28. The molecular weight excluding hydrogens is 124 g/mol. The van der Waals surface area contributed by atoms with E-state index in [-0.39, 0.29) is 17.3 Å². The van der Waals surface area contributed by atoms with Crippen LogP contribution in [0.25, 0.3) is 0 Å². The van der Waals surface area contributed by atoms with Gasteiger partial charge in [0.25, 0.3) is 0 Å². The average Bonchev–Trinajstić information content (AvgIpc) is 1.85. The molecule has 3 heteroatoms. The van der Waals surface area contributed by atoms with Gasteiger partial charge >= 0.3 is 5.97 Å². The topological polar surface area (TPSA) is 26.3 Å². The molecule has 1 saturated heterocycles. The average molecular weight is 132 g/mol. The van der Waals surface area contributed by atoms with Gasteiger partial charge in [0.1, 0.15) is 11.4 Å². The second-order valence-electron chi connectivity index (χ2n) is 2.00. The second-order valence-corrected chi connectivity index (χ2v) is 2.62. The number of thiol groups is 1. The van der Waals surface area contributed by atoms with Crippen molar-refractivity contribution >= 4 is 18.6 Å². The summed E-state index contributed by atoms with van der Waals surface area (Å²) >= 11 is 3.97. The van der Waals surface area contributed by atoms with Gasteiger partial charge < -0.3 is 4.74 Å². The Balaban J connectivity index is 2.51. The summed E-state index contributed by atoms with van der Waals surface area (Å²) in [5.74, 6) is -0.180. The van der Waals surface area contributed by atoms with Gasteiger partial charge in [-0.05, 0) is 6.92 Å². The van der Waals surface area contributed by atoms with E-state index >= 15 is 0 Å². The molecule has 1 rings (SSSR count). The molecule has 8 heavy (non-hydrogen) atoms. The molecule has 0 amide bonds. The zero-order chi connectivity index (χ0) is 6.15. The fourth-order valence-electron chi connectivity index (χ4n) is 0.736. The third-order valence-electron chi connectivity index (χ3n) is 1.14. The Kier molecular flexibility index (Phi) is 1.47. The lowest BCUT2D eigenvalue weighted by Crippen LogP contribution is -2.05. The summed E-state index contributed by atoms with van der Waals surface area (Å²) in [6.07, 6.45) is 0.826. The summed E-state index contributed by atoms with van der Waals surface area (Å²) in [5, 5.41) is -0.176. The fourth-order valence-corrected chi connectivity index (χ4v) is 1.09. The van der Waals surface area contributed by atoms with Crippen molar-refractivity contribution < 1.29 is 9.53 Å². The highest BCUT2D eigenvalue weighted by molar-refractivity contribution is 7.81. The van der Waals surface area contributed by atoms with Crippen molar-refractivity contribution in [2.45, 2.75) is 24.7 Å². The number of ether oxygens (including phenoxy) is 1. The molecule has 0 aromatic heterocycles. The van der Waals surface area contributed by atoms with Gasteiger partial charge in [0.15, 0.2) is 0 Å². The molecule has 0 aromatic carbocycles. The highest BCUT2D eigenvalue weighted by atomic mass is 32.1. The lowest BCUT2D eigenvalue weighted by atomic mass is 10.3. The van der Waals surface area contributed by atoms with Gasteiger partial charge in [-0.25, -0.2) is 0 Å². The number of rotatable bonds is 0. The summed E-state index contributed by atoms with van der Waals surface area (Å²) in [4.78, 5) is 10.5. The molecule has 0 radical (unpaired) electrons. The van der Waals surface area contributed by atoms with Crippen LogP contribution in [-0.4, -0.2) is 17.3 Å². The van der Waals surface area contributed by atoms with Crippen LogP contribution in [0.15, 0.2) is 0 Å². The maximum absolute atomic E-state index is 10.5. The van der Waals surface area contributed by atoms with Crippen LogP contribution in [0.1, 0.15) is 13.3 Å². The van der Waals surface area contributed by atoms with E-state index in [2.05, 4.69) is 12.6 Å². The van der Waals surface area contributed by atoms with Gasteiger partial charge in [0.2, 0.25) is 0 Å². The first-order chi connectivity index (χ1) is 3.70. The Bertz CT molecular complexity index is 113. The minimum Gasteiger partial charge on any atom is -0.462 e. The van der Waals surface area contributed by atoms with Crippen LogP contribution in [0, 0.1) is 0 Å². The summed E-state index contributed by atoms with van der Waals surface area (Å²) in [7, 11) is 0. The van der Waals surface area contributed by atoms with Crippen molar-refractivity contribution in [2.75, 3.05) is 0 Å². The third kappa shape index (κ3) is 0.968. The molecular formula is C5H8O2S. The minimum atomic E-state index is -0.180. The molecule has 46 valence electrons. The van der Waals surface area contributed by atoms with Crippen molar-refractivity contribution in [3.8, 4) is 0 Å². The van der Waals surface area contributed by atoms with Crippen LogP contribution in [0.3, 0.4) is 0 Å². The SMILES string of the molecule is CC1CC(S)C(=O)O1. The molecule has 1 aliphatic heterocycles. The molecule has 0 aromatic rings. The zero-order valence-corrected chi connectivity index (χ0v) is 5.52. The van der Waals surface area contributed by atoms with E-state index in [0.717, 1.165) is 6.42 Å². The van der Waals surface area contributed by atoms with Crippen molar-refractivity contribution in [1.82, 2.24) is 0 Å². The van der Waals surface area contributed by atoms with Crippen LogP contribution in [0.2, 0.25) is 0 Å². The van der Waals surface area contributed by atoms with E-state index in [9.17, 15) is 4.79 Å². The van der Waals surface area contributed by atoms with Crippen LogP contribution in [0.4, 0.5) is 0 Å². The smallest absolute Gasteiger partial charge is 0.319 e. The van der Waals surface area contributed by atoms with Crippen molar-refractivity contribution in [1.29, 1.82) is 0 Å². The Labute approximate surface area is 53.6 Å². The van der Waals surface area contributed by atoms with Crippen molar-refractivity contribution in [3.63, 3.8) is 0 Å². The first-order valence-electron chi connectivity index (χ1n) is 2.58. The van der Waals surface area contributed by atoms with Crippen LogP contribution < -0.4 is 0 Å². The molecule has 2 atom stereocenters. The van der Waals surface area contributed by atoms with Gasteiger partial charge in [-0.2, -0.15) is 12.6 Å². The number of esters is 1. The molecule has 1 heterocycles. The largest absolute Gasteiger partial charge is 0.462 e. The van der Waals surface area contributed by atoms with E-state index in [1.54, 1.807) is 0 Å². The van der Waals surface area contributed by atoms with Crippen LogP contribution >= 0.6 is 12.6 Å². The molecule has 0 saturated carbocycles. The fraction of sp³-hybridized carbons (Fsp3) is 0.800.